The third kappa shape index (κ3) is 6.71. The van der Waals surface area contributed by atoms with Gasteiger partial charge in [-0.25, -0.2) is 8.42 Å². The van der Waals surface area contributed by atoms with Crippen LogP contribution in [0.5, 0.6) is 0 Å². The van der Waals surface area contributed by atoms with Gasteiger partial charge in [-0.15, -0.1) is 0 Å². The Morgan fingerprint density at radius 1 is 0.848 bits per heavy atom. The highest BCUT2D eigenvalue weighted by molar-refractivity contribution is 7.89. The molecule has 0 saturated carbocycles. The number of carbonyl (C=O) groups excluding carboxylic acids is 1. The SMILES string of the molecule is O=C(CN1CCC(c2ccccc2)(N2CCN(c3ccncc3)CC2)CC1)C1CCCCN1S(=O)(=O)c1cccc(C(F)(F)F)c1. The molecule has 0 radical (unpaired) electrons. The van der Waals surface area contributed by atoms with E-state index in [1.54, 1.807) is 0 Å². The van der Waals surface area contributed by atoms with Gasteiger partial charge in [-0.05, 0) is 61.6 Å². The normalized spacial score (nSPS) is 22.1. The lowest BCUT2D eigenvalue weighted by atomic mass is 9.78. The first-order valence-electron chi connectivity index (χ1n) is 16.0. The number of rotatable bonds is 8. The number of piperazine rings is 1. The van der Waals surface area contributed by atoms with Gasteiger partial charge in [0.2, 0.25) is 10.0 Å². The molecule has 0 spiro atoms. The van der Waals surface area contributed by atoms with Crippen LogP contribution < -0.4 is 4.90 Å². The number of carbonyl (C=O) groups is 1. The fraction of sp³-hybridized carbons (Fsp3) is 0.471. The molecule has 12 heteroatoms. The molecule has 1 atom stereocenters. The van der Waals surface area contributed by atoms with Crippen molar-refractivity contribution in [2.75, 3.05) is 57.3 Å². The molecule has 246 valence electrons. The number of hydrogen-bond acceptors (Lipinski definition) is 7. The number of ketones is 1. The van der Waals surface area contributed by atoms with Crippen molar-refractivity contribution in [1.29, 1.82) is 0 Å². The number of piperidine rings is 2. The van der Waals surface area contributed by atoms with Crippen molar-refractivity contribution in [3.8, 4) is 0 Å². The largest absolute Gasteiger partial charge is 0.416 e. The van der Waals surface area contributed by atoms with Gasteiger partial charge in [0, 0.05) is 69.4 Å². The van der Waals surface area contributed by atoms with Crippen molar-refractivity contribution in [3.63, 3.8) is 0 Å². The molecule has 3 aromatic rings. The third-order valence-electron chi connectivity index (χ3n) is 9.88. The monoisotopic (exact) mass is 655 g/mol. The number of benzene rings is 2. The molecule has 3 saturated heterocycles. The van der Waals surface area contributed by atoms with Crippen LogP contribution in [-0.4, -0.2) is 91.7 Å². The van der Waals surface area contributed by atoms with Gasteiger partial charge in [0.25, 0.3) is 0 Å². The minimum atomic E-state index is -4.67. The highest BCUT2D eigenvalue weighted by atomic mass is 32.2. The van der Waals surface area contributed by atoms with Gasteiger partial charge in [0.15, 0.2) is 5.78 Å². The van der Waals surface area contributed by atoms with E-state index in [-0.39, 0.29) is 24.4 Å². The predicted molar refractivity (Wildman–Crippen MR) is 170 cm³/mol. The topological polar surface area (TPSA) is 77.1 Å². The number of nitrogens with zero attached hydrogens (tertiary/aromatic N) is 5. The lowest BCUT2D eigenvalue weighted by molar-refractivity contribution is -0.137. The number of halogens is 3. The van der Waals surface area contributed by atoms with Crippen molar-refractivity contribution in [2.45, 2.75) is 54.8 Å². The number of Topliss-reactive ketones (excluding diaryl/α,β-unsaturated/α-hetero) is 1. The maximum atomic E-state index is 13.7. The summed E-state index contributed by atoms with van der Waals surface area (Å²) in [4.78, 5) is 24.5. The maximum absolute atomic E-state index is 13.7. The minimum absolute atomic E-state index is 0.109. The number of sulfonamides is 1. The standard InChI is InChI=1S/C34H40F3N5O3S/c35-34(36,37)28-9-6-10-30(25-28)46(44,45)42-18-5-4-11-31(42)32(43)26-39-19-14-33(15-20-39,27-7-2-1-3-8-27)41-23-21-40(22-24-41)29-12-16-38-17-13-29/h1-3,6-10,12-13,16-17,25,31H,4-5,11,14-15,18-24,26H2. The first kappa shape index (κ1) is 32.6. The first-order valence-corrected chi connectivity index (χ1v) is 17.4. The smallest absolute Gasteiger partial charge is 0.369 e. The van der Waals surface area contributed by atoms with Gasteiger partial charge in [-0.2, -0.15) is 17.5 Å². The van der Waals surface area contributed by atoms with Crippen molar-refractivity contribution < 1.29 is 26.4 Å². The number of alkyl halides is 3. The summed E-state index contributed by atoms with van der Waals surface area (Å²) in [5.74, 6) is -0.201. The fourth-order valence-corrected chi connectivity index (χ4v) is 9.10. The van der Waals surface area contributed by atoms with Gasteiger partial charge >= 0.3 is 6.18 Å². The zero-order chi connectivity index (χ0) is 32.4. The lowest BCUT2D eigenvalue weighted by Crippen LogP contribution is -2.59. The molecule has 3 aliphatic heterocycles. The van der Waals surface area contributed by atoms with Crippen LogP contribution in [0.4, 0.5) is 18.9 Å². The van der Waals surface area contributed by atoms with Gasteiger partial charge in [0.05, 0.1) is 23.0 Å². The molecule has 4 heterocycles. The molecule has 0 aliphatic carbocycles. The van der Waals surface area contributed by atoms with Crippen LogP contribution >= 0.6 is 0 Å². The summed E-state index contributed by atoms with van der Waals surface area (Å²) >= 11 is 0. The molecule has 0 N–H and O–H groups in total. The second kappa shape index (κ2) is 13.4. The molecular weight excluding hydrogens is 615 g/mol. The minimum Gasteiger partial charge on any atom is -0.369 e. The summed E-state index contributed by atoms with van der Waals surface area (Å²) in [5, 5.41) is 0. The van der Waals surface area contributed by atoms with E-state index in [0.717, 1.165) is 55.5 Å². The Morgan fingerprint density at radius 3 is 2.22 bits per heavy atom. The van der Waals surface area contributed by atoms with Gasteiger partial charge in [-0.1, -0.05) is 42.8 Å². The van der Waals surface area contributed by atoms with E-state index in [4.69, 9.17) is 0 Å². The van der Waals surface area contributed by atoms with Crippen LogP contribution in [0.25, 0.3) is 0 Å². The quantitative estimate of drug-likeness (QED) is 0.337. The number of aromatic nitrogens is 1. The summed E-state index contributed by atoms with van der Waals surface area (Å²) in [6, 6.07) is 17.5. The van der Waals surface area contributed by atoms with Crippen molar-refractivity contribution in [1.82, 2.24) is 19.1 Å². The van der Waals surface area contributed by atoms with Crippen molar-refractivity contribution >= 4 is 21.5 Å². The number of likely N-dealkylation sites (tertiary alicyclic amines) is 1. The van der Waals surface area contributed by atoms with Crippen LogP contribution in [0.2, 0.25) is 0 Å². The molecule has 3 aliphatic rings. The number of pyridine rings is 1. The Hall–Kier alpha value is -3.32. The first-order chi connectivity index (χ1) is 22.1. The summed E-state index contributed by atoms with van der Waals surface area (Å²) in [6.07, 6.45) is 2.23. The van der Waals surface area contributed by atoms with Crippen LogP contribution in [0.15, 0.2) is 84.0 Å². The average Bonchev–Trinajstić information content (AvgIpc) is 3.09. The second-order valence-corrected chi connectivity index (χ2v) is 14.4. The molecular formula is C34H40F3N5O3S. The average molecular weight is 656 g/mol. The fourth-order valence-electron chi connectivity index (χ4n) is 7.37. The van der Waals surface area contributed by atoms with E-state index in [1.807, 2.05) is 30.6 Å². The van der Waals surface area contributed by atoms with E-state index in [1.165, 1.54) is 17.3 Å². The van der Waals surface area contributed by atoms with Crippen LogP contribution in [-0.2, 0) is 26.5 Å². The molecule has 8 nitrogen and oxygen atoms in total. The lowest BCUT2D eigenvalue weighted by Gasteiger charge is -2.52. The zero-order valence-electron chi connectivity index (χ0n) is 25.8. The van der Waals surface area contributed by atoms with Crippen molar-refractivity contribution in [2.24, 2.45) is 0 Å². The molecule has 6 rings (SSSR count). The summed E-state index contributed by atoms with van der Waals surface area (Å²) < 4.78 is 68.4. The molecule has 1 aromatic heterocycles. The van der Waals surface area contributed by atoms with E-state index < -0.39 is 32.7 Å². The third-order valence-corrected chi connectivity index (χ3v) is 11.8. The molecule has 2 aromatic carbocycles. The Labute approximate surface area is 268 Å². The molecule has 0 bridgehead atoms. The van der Waals surface area contributed by atoms with E-state index in [2.05, 4.69) is 43.9 Å². The molecule has 46 heavy (non-hydrogen) atoms. The predicted octanol–water partition coefficient (Wildman–Crippen LogP) is 5.03. The summed E-state index contributed by atoms with van der Waals surface area (Å²) in [5.41, 5.74) is 1.24. The Kier molecular flexibility index (Phi) is 9.52. The van der Waals surface area contributed by atoms with Crippen LogP contribution in [0, 0.1) is 0 Å². The number of anilines is 1. The highest BCUT2D eigenvalue weighted by Crippen LogP contribution is 2.40. The Balaban J connectivity index is 1.14. The van der Waals surface area contributed by atoms with Gasteiger partial charge < -0.3 is 4.90 Å². The summed E-state index contributed by atoms with van der Waals surface area (Å²) in [7, 11) is -4.29. The van der Waals surface area contributed by atoms with E-state index >= 15 is 0 Å². The zero-order valence-corrected chi connectivity index (χ0v) is 26.6. The van der Waals surface area contributed by atoms with Crippen LogP contribution in [0.3, 0.4) is 0 Å². The molecule has 0 amide bonds. The highest BCUT2D eigenvalue weighted by Gasteiger charge is 2.44. The number of hydrogen-bond donors (Lipinski definition) is 0. The van der Waals surface area contributed by atoms with Gasteiger partial charge in [-0.3, -0.25) is 19.6 Å². The van der Waals surface area contributed by atoms with E-state index in [9.17, 15) is 26.4 Å². The van der Waals surface area contributed by atoms with E-state index in [0.29, 0.717) is 38.4 Å². The van der Waals surface area contributed by atoms with Crippen molar-refractivity contribution in [3.05, 3.63) is 90.3 Å². The van der Waals surface area contributed by atoms with Crippen LogP contribution in [0.1, 0.15) is 43.2 Å². The second-order valence-electron chi connectivity index (χ2n) is 12.5. The Bertz CT molecular complexity index is 1590. The Morgan fingerprint density at radius 2 is 1.54 bits per heavy atom. The maximum Gasteiger partial charge on any atom is 0.416 e. The molecule has 3 fully saturated rings. The van der Waals surface area contributed by atoms with Gasteiger partial charge in [0.1, 0.15) is 0 Å². The molecule has 1 unspecified atom stereocenters. The summed E-state index contributed by atoms with van der Waals surface area (Å²) in [6.45, 7) is 5.19.